The largest absolute Gasteiger partial charge is 0.466 e. The molecular weight excluding hydrogens is 252 g/mol. The maximum absolute atomic E-state index is 11.2. The molecule has 0 aliphatic carbocycles. The molecule has 0 spiro atoms. The van der Waals surface area contributed by atoms with Crippen molar-refractivity contribution in [3.8, 4) is 0 Å². The van der Waals surface area contributed by atoms with Gasteiger partial charge in [0, 0.05) is 32.5 Å². The molecule has 5 nitrogen and oxygen atoms in total. The van der Waals surface area contributed by atoms with Crippen LogP contribution in [0.2, 0.25) is 0 Å². The molecule has 6 heteroatoms. The number of rotatable bonds is 8. The van der Waals surface area contributed by atoms with Crippen molar-refractivity contribution in [2.24, 2.45) is 0 Å². The van der Waals surface area contributed by atoms with E-state index in [0.717, 1.165) is 17.4 Å². The van der Waals surface area contributed by atoms with E-state index in [0.29, 0.717) is 26.1 Å². The highest BCUT2D eigenvalue weighted by Gasteiger charge is 2.09. The Labute approximate surface area is 112 Å². The van der Waals surface area contributed by atoms with Gasteiger partial charge in [-0.3, -0.25) is 4.79 Å². The van der Waals surface area contributed by atoms with Crippen molar-refractivity contribution < 1.29 is 14.3 Å². The third-order valence-electron chi connectivity index (χ3n) is 2.39. The van der Waals surface area contributed by atoms with E-state index in [9.17, 15) is 4.79 Å². The minimum absolute atomic E-state index is 0.167. The number of nitrogens with zero attached hydrogens (tertiary/aromatic N) is 2. The number of anilines is 1. The molecule has 0 saturated carbocycles. The number of methoxy groups -OCH3 is 1. The van der Waals surface area contributed by atoms with E-state index >= 15 is 0 Å². The van der Waals surface area contributed by atoms with Gasteiger partial charge in [-0.15, -0.1) is 11.3 Å². The number of likely N-dealkylation sites (N-methyl/N-ethyl adjacent to an activating group) is 1. The summed E-state index contributed by atoms with van der Waals surface area (Å²) in [5.41, 5.74) is 0.937. The Morgan fingerprint density at radius 1 is 1.56 bits per heavy atom. The molecular formula is C12H20N2O3S. The smallest absolute Gasteiger partial charge is 0.306 e. The fourth-order valence-electron chi connectivity index (χ4n) is 1.37. The van der Waals surface area contributed by atoms with Crippen LogP contribution in [0.5, 0.6) is 0 Å². The standard InChI is InChI=1S/C12H20N2O3S/c1-4-17-11(15)6-5-10-9-18-12(13-10)14(2)7-8-16-3/h9H,4-8H2,1-3H3. The molecule has 0 fully saturated rings. The lowest BCUT2D eigenvalue weighted by Gasteiger charge is -2.14. The van der Waals surface area contributed by atoms with E-state index in [1.54, 1.807) is 18.4 Å². The second-order valence-corrected chi connectivity index (χ2v) is 4.68. The fraction of sp³-hybridized carbons (Fsp3) is 0.667. The van der Waals surface area contributed by atoms with E-state index in [-0.39, 0.29) is 5.97 Å². The van der Waals surface area contributed by atoms with Gasteiger partial charge < -0.3 is 14.4 Å². The fourth-order valence-corrected chi connectivity index (χ4v) is 2.23. The zero-order valence-electron chi connectivity index (χ0n) is 11.1. The average molecular weight is 272 g/mol. The number of thiazole rings is 1. The Morgan fingerprint density at radius 3 is 3.00 bits per heavy atom. The predicted molar refractivity (Wildman–Crippen MR) is 72.2 cm³/mol. The van der Waals surface area contributed by atoms with Gasteiger partial charge in [-0.1, -0.05) is 0 Å². The normalized spacial score (nSPS) is 10.4. The van der Waals surface area contributed by atoms with Crippen molar-refractivity contribution in [2.45, 2.75) is 19.8 Å². The second-order valence-electron chi connectivity index (χ2n) is 3.84. The van der Waals surface area contributed by atoms with E-state index in [1.807, 2.05) is 24.3 Å². The number of ether oxygens (including phenoxy) is 2. The van der Waals surface area contributed by atoms with Crippen LogP contribution < -0.4 is 4.90 Å². The van der Waals surface area contributed by atoms with Gasteiger partial charge in [-0.05, 0) is 6.92 Å². The van der Waals surface area contributed by atoms with Crippen molar-refractivity contribution in [3.63, 3.8) is 0 Å². The molecule has 0 N–H and O–H groups in total. The number of carbonyl (C=O) groups excluding carboxylic acids is 1. The number of carbonyl (C=O) groups is 1. The molecule has 0 aromatic carbocycles. The molecule has 0 aliphatic rings. The van der Waals surface area contributed by atoms with Crippen molar-refractivity contribution >= 4 is 22.4 Å². The van der Waals surface area contributed by atoms with Gasteiger partial charge in [0.05, 0.1) is 25.3 Å². The Kier molecular flexibility index (Phi) is 6.67. The Hall–Kier alpha value is -1.14. The summed E-state index contributed by atoms with van der Waals surface area (Å²) in [6.07, 6.45) is 1.02. The first-order valence-electron chi connectivity index (χ1n) is 5.97. The Bertz CT molecular complexity index is 368. The predicted octanol–water partition coefficient (Wildman–Crippen LogP) is 1.72. The summed E-state index contributed by atoms with van der Waals surface area (Å²) in [5, 5.41) is 2.93. The van der Waals surface area contributed by atoms with Gasteiger partial charge in [-0.2, -0.15) is 0 Å². The zero-order valence-corrected chi connectivity index (χ0v) is 12.0. The highest BCUT2D eigenvalue weighted by atomic mass is 32.1. The number of aryl methyl sites for hydroxylation is 1. The van der Waals surface area contributed by atoms with E-state index < -0.39 is 0 Å². The Balaban J connectivity index is 2.40. The lowest BCUT2D eigenvalue weighted by atomic mass is 10.2. The summed E-state index contributed by atoms with van der Waals surface area (Å²) in [7, 11) is 3.66. The van der Waals surface area contributed by atoms with Crippen molar-refractivity contribution in [3.05, 3.63) is 11.1 Å². The maximum atomic E-state index is 11.2. The maximum Gasteiger partial charge on any atom is 0.306 e. The topological polar surface area (TPSA) is 51.7 Å². The van der Waals surface area contributed by atoms with Crippen LogP contribution in [0.25, 0.3) is 0 Å². The third-order valence-corrected chi connectivity index (χ3v) is 3.39. The molecule has 0 amide bonds. The summed E-state index contributed by atoms with van der Waals surface area (Å²) >= 11 is 1.58. The second kappa shape index (κ2) is 8.05. The van der Waals surface area contributed by atoms with Crippen LogP contribution in [0.1, 0.15) is 19.0 Å². The van der Waals surface area contributed by atoms with E-state index in [1.165, 1.54) is 0 Å². The van der Waals surface area contributed by atoms with Crippen LogP contribution in [0.3, 0.4) is 0 Å². The summed E-state index contributed by atoms with van der Waals surface area (Å²) in [6.45, 7) is 3.72. The SMILES string of the molecule is CCOC(=O)CCc1csc(N(C)CCOC)n1. The van der Waals surface area contributed by atoms with Crippen LogP contribution in [0.4, 0.5) is 5.13 Å². The number of hydrogen-bond acceptors (Lipinski definition) is 6. The molecule has 0 bridgehead atoms. The molecule has 1 heterocycles. The molecule has 1 aromatic heterocycles. The quantitative estimate of drug-likeness (QED) is 0.674. The average Bonchev–Trinajstić information content (AvgIpc) is 2.82. The highest BCUT2D eigenvalue weighted by molar-refractivity contribution is 7.13. The molecule has 1 rings (SSSR count). The van der Waals surface area contributed by atoms with Gasteiger partial charge in [0.25, 0.3) is 0 Å². The summed E-state index contributed by atoms with van der Waals surface area (Å²) in [6, 6.07) is 0. The van der Waals surface area contributed by atoms with Crippen LogP contribution in [-0.2, 0) is 20.7 Å². The van der Waals surface area contributed by atoms with Gasteiger partial charge in [0.15, 0.2) is 5.13 Å². The minimum Gasteiger partial charge on any atom is -0.466 e. The van der Waals surface area contributed by atoms with Crippen molar-refractivity contribution in [1.29, 1.82) is 0 Å². The van der Waals surface area contributed by atoms with Crippen LogP contribution in [-0.4, -0.2) is 44.9 Å². The van der Waals surface area contributed by atoms with Gasteiger partial charge in [-0.25, -0.2) is 4.98 Å². The molecule has 102 valence electrons. The summed E-state index contributed by atoms with van der Waals surface area (Å²) in [5.74, 6) is -0.167. The van der Waals surface area contributed by atoms with Crippen LogP contribution in [0.15, 0.2) is 5.38 Å². The highest BCUT2D eigenvalue weighted by Crippen LogP contribution is 2.19. The molecule has 0 saturated heterocycles. The molecule has 1 aromatic rings. The monoisotopic (exact) mass is 272 g/mol. The number of hydrogen-bond donors (Lipinski definition) is 0. The van der Waals surface area contributed by atoms with Crippen LogP contribution >= 0.6 is 11.3 Å². The van der Waals surface area contributed by atoms with Gasteiger partial charge in [0.2, 0.25) is 0 Å². The zero-order chi connectivity index (χ0) is 13.4. The molecule has 0 unspecified atom stereocenters. The number of esters is 1. The van der Waals surface area contributed by atoms with Gasteiger partial charge in [0.1, 0.15) is 0 Å². The Morgan fingerprint density at radius 2 is 2.33 bits per heavy atom. The minimum atomic E-state index is -0.167. The van der Waals surface area contributed by atoms with Crippen molar-refractivity contribution in [1.82, 2.24) is 4.98 Å². The molecule has 0 atom stereocenters. The molecule has 18 heavy (non-hydrogen) atoms. The lowest BCUT2D eigenvalue weighted by Crippen LogP contribution is -2.21. The summed E-state index contributed by atoms with van der Waals surface area (Å²) in [4.78, 5) is 17.7. The molecule has 0 aliphatic heterocycles. The first-order chi connectivity index (χ1) is 8.67. The lowest BCUT2D eigenvalue weighted by molar-refractivity contribution is -0.143. The van der Waals surface area contributed by atoms with E-state index in [2.05, 4.69) is 4.98 Å². The first kappa shape index (κ1) is 14.9. The summed E-state index contributed by atoms with van der Waals surface area (Å²) < 4.78 is 9.90. The van der Waals surface area contributed by atoms with Gasteiger partial charge >= 0.3 is 5.97 Å². The number of aromatic nitrogens is 1. The van der Waals surface area contributed by atoms with E-state index in [4.69, 9.17) is 9.47 Å². The van der Waals surface area contributed by atoms with Crippen LogP contribution in [0, 0.1) is 0 Å². The third kappa shape index (κ3) is 5.01. The first-order valence-corrected chi connectivity index (χ1v) is 6.85. The van der Waals surface area contributed by atoms with Crippen molar-refractivity contribution in [2.75, 3.05) is 38.8 Å². The molecule has 0 radical (unpaired) electrons.